The Labute approximate surface area is 123 Å². The van der Waals surface area contributed by atoms with Crippen LogP contribution in [0.5, 0.6) is 0 Å². The van der Waals surface area contributed by atoms with Crippen LogP contribution in [0.25, 0.3) is 0 Å². The smallest absolute Gasteiger partial charge is 0.428 e. The van der Waals surface area contributed by atoms with E-state index in [1.54, 1.807) is 12.1 Å². The van der Waals surface area contributed by atoms with Gasteiger partial charge in [0.05, 0.1) is 0 Å². The molecular weight excluding hydrogens is 268 g/mol. The van der Waals surface area contributed by atoms with Crippen molar-refractivity contribution in [1.82, 2.24) is 0 Å². The van der Waals surface area contributed by atoms with E-state index < -0.39 is 6.16 Å². The number of nitrogens with two attached hydrogens (primary N) is 1. The van der Waals surface area contributed by atoms with E-state index in [0.717, 1.165) is 11.1 Å². The molecule has 2 rings (SSSR count). The molecule has 0 aliphatic heterocycles. The van der Waals surface area contributed by atoms with Crippen LogP contribution >= 0.6 is 0 Å². The zero-order valence-corrected chi connectivity index (χ0v) is 11.7. The molecule has 0 amide bonds. The number of benzene rings is 2. The lowest BCUT2D eigenvalue weighted by Crippen LogP contribution is -2.15. The van der Waals surface area contributed by atoms with Gasteiger partial charge in [-0.3, -0.25) is 4.84 Å². The van der Waals surface area contributed by atoms with E-state index in [0.29, 0.717) is 5.56 Å². The molecule has 0 atom stereocenters. The zero-order valence-electron chi connectivity index (χ0n) is 11.7. The molecule has 21 heavy (non-hydrogen) atoms. The summed E-state index contributed by atoms with van der Waals surface area (Å²) in [6.45, 7) is 2.09. The van der Waals surface area contributed by atoms with Crippen molar-refractivity contribution >= 4 is 12.0 Å². The SMILES string of the molecule is Cc1ccc(/C(N)=N/OC(=O)OCc2ccccc2)cc1. The van der Waals surface area contributed by atoms with Crippen molar-refractivity contribution in [3.05, 3.63) is 71.3 Å². The van der Waals surface area contributed by atoms with Gasteiger partial charge in [0.25, 0.3) is 0 Å². The third-order valence-electron chi connectivity index (χ3n) is 2.77. The van der Waals surface area contributed by atoms with Gasteiger partial charge in [-0.15, -0.1) is 0 Å². The van der Waals surface area contributed by atoms with E-state index in [1.165, 1.54) is 0 Å². The summed E-state index contributed by atoms with van der Waals surface area (Å²) < 4.78 is 4.91. The van der Waals surface area contributed by atoms with E-state index in [-0.39, 0.29) is 12.4 Å². The monoisotopic (exact) mass is 284 g/mol. The lowest BCUT2D eigenvalue weighted by Gasteiger charge is -2.03. The number of hydrogen-bond acceptors (Lipinski definition) is 4. The molecule has 0 aliphatic carbocycles. The molecule has 0 spiro atoms. The molecule has 0 aromatic heterocycles. The molecule has 0 unspecified atom stereocenters. The third kappa shape index (κ3) is 4.65. The summed E-state index contributed by atoms with van der Waals surface area (Å²) in [5.74, 6) is 0.117. The first-order chi connectivity index (χ1) is 10.1. The van der Waals surface area contributed by atoms with Gasteiger partial charge in [0.2, 0.25) is 0 Å². The summed E-state index contributed by atoms with van der Waals surface area (Å²) in [6.07, 6.45) is -0.895. The van der Waals surface area contributed by atoms with E-state index in [9.17, 15) is 4.79 Å². The Morgan fingerprint density at radius 2 is 1.76 bits per heavy atom. The van der Waals surface area contributed by atoms with Crippen LogP contribution in [-0.2, 0) is 16.2 Å². The fourth-order valence-corrected chi connectivity index (χ4v) is 1.61. The molecule has 0 heterocycles. The highest BCUT2D eigenvalue weighted by Gasteiger charge is 2.05. The second kappa shape index (κ2) is 7.09. The molecule has 2 aromatic carbocycles. The van der Waals surface area contributed by atoms with E-state index >= 15 is 0 Å². The molecule has 0 bridgehead atoms. The number of oxime groups is 1. The maximum atomic E-state index is 11.4. The van der Waals surface area contributed by atoms with Gasteiger partial charge in [0.1, 0.15) is 6.61 Å². The standard InChI is InChI=1S/C16H16N2O3/c1-12-7-9-14(10-8-12)15(17)18-21-16(19)20-11-13-5-3-2-4-6-13/h2-10H,11H2,1H3,(H2,17,18). The molecule has 2 N–H and O–H groups in total. The first-order valence-corrected chi connectivity index (χ1v) is 6.43. The lowest BCUT2D eigenvalue weighted by molar-refractivity contribution is 0.0519. The molecule has 0 saturated heterocycles. The maximum absolute atomic E-state index is 11.4. The van der Waals surface area contributed by atoms with E-state index in [2.05, 4.69) is 9.99 Å². The highest BCUT2D eigenvalue weighted by Crippen LogP contribution is 2.04. The summed E-state index contributed by atoms with van der Waals surface area (Å²) in [5, 5.41) is 3.56. The number of carbonyl (C=O) groups excluding carboxylic acids is 1. The average molecular weight is 284 g/mol. The van der Waals surface area contributed by atoms with Gasteiger partial charge in [-0.25, -0.2) is 4.79 Å². The van der Waals surface area contributed by atoms with Crippen LogP contribution < -0.4 is 5.73 Å². The number of nitrogens with zero attached hydrogens (tertiary/aromatic N) is 1. The Kier molecular flexibility index (Phi) is 4.93. The molecule has 0 radical (unpaired) electrons. The first-order valence-electron chi connectivity index (χ1n) is 6.43. The van der Waals surface area contributed by atoms with Gasteiger partial charge in [0.15, 0.2) is 5.84 Å². The van der Waals surface area contributed by atoms with Crippen LogP contribution in [0.2, 0.25) is 0 Å². The zero-order chi connectivity index (χ0) is 15.1. The van der Waals surface area contributed by atoms with Crippen molar-refractivity contribution in [3.63, 3.8) is 0 Å². The topological polar surface area (TPSA) is 73.9 Å². The third-order valence-corrected chi connectivity index (χ3v) is 2.77. The quantitative estimate of drug-likeness (QED) is 0.308. The maximum Gasteiger partial charge on any atom is 0.535 e. The van der Waals surface area contributed by atoms with Crippen molar-refractivity contribution in [2.45, 2.75) is 13.5 Å². The number of amidine groups is 1. The van der Waals surface area contributed by atoms with E-state index in [4.69, 9.17) is 10.5 Å². The Hall–Kier alpha value is -2.82. The highest BCUT2D eigenvalue weighted by molar-refractivity contribution is 5.97. The second-order valence-electron chi connectivity index (χ2n) is 4.46. The summed E-state index contributed by atoms with van der Waals surface area (Å²) in [7, 11) is 0. The van der Waals surface area contributed by atoms with Crippen molar-refractivity contribution in [1.29, 1.82) is 0 Å². The van der Waals surface area contributed by atoms with Crippen molar-refractivity contribution in [3.8, 4) is 0 Å². The van der Waals surface area contributed by atoms with Crippen molar-refractivity contribution in [2.75, 3.05) is 0 Å². The molecular formula is C16H16N2O3. The molecule has 0 aliphatic rings. The average Bonchev–Trinajstić information content (AvgIpc) is 2.52. The number of rotatable bonds is 4. The Morgan fingerprint density at radius 1 is 1.10 bits per heavy atom. The van der Waals surface area contributed by atoms with Crippen LogP contribution in [0.4, 0.5) is 4.79 Å². The predicted molar refractivity (Wildman–Crippen MR) is 79.6 cm³/mol. The highest BCUT2D eigenvalue weighted by atomic mass is 16.8. The minimum Gasteiger partial charge on any atom is -0.428 e. The van der Waals surface area contributed by atoms with Crippen molar-refractivity contribution in [2.24, 2.45) is 10.9 Å². The Morgan fingerprint density at radius 3 is 2.43 bits per heavy atom. The number of ether oxygens (including phenoxy) is 1. The van der Waals surface area contributed by atoms with Crippen LogP contribution in [0.15, 0.2) is 59.8 Å². The fourth-order valence-electron chi connectivity index (χ4n) is 1.61. The van der Waals surface area contributed by atoms with Gasteiger partial charge in [-0.2, -0.15) is 0 Å². The van der Waals surface area contributed by atoms with Crippen LogP contribution in [0, 0.1) is 6.92 Å². The minimum absolute atomic E-state index is 0.117. The normalized spacial score (nSPS) is 11.0. The second-order valence-corrected chi connectivity index (χ2v) is 4.46. The number of aryl methyl sites for hydroxylation is 1. The molecule has 5 nitrogen and oxygen atoms in total. The van der Waals surface area contributed by atoms with Crippen molar-refractivity contribution < 1.29 is 14.4 Å². The summed E-state index contributed by atoms with van der Waals surface area (Å²) in [5.41, 5.74) is 8.37. The van der Waals surface area contributed by atoms with E-state index in [1.807, 2.05) is 49.4 Å². The van der Waals surface area contributed by atoms with Gasteiger partial charge in [-0.1, -0.05) is 65.3 Å². The molecule has 5 heteroatoms. The Balaban J connectivity index is 1.85. The molecule has 108 valence electrons. The van der Waals surface area contributed by atoms with Gasteiger partial charge >= 0.3 is 6.16 Å². The van der Waals surface area contributed by atoms with Crippen LogP contribution in [0.3, 0.4) is 0 Å². The summed E-state index contributed by atoms with van der Waals surface area (Å²) in [4.78, 5) is 16.0. The number of hydrogen-bond donors (Lipinski definition) is 1. The van der Waals surface area contributed by atoms with Gasteiger partial charge in [0, 0.05) is 5.56 Å². The summed E-state index contributed by atoms with van der Waals surface area (Å²) in [6, 6.07) is 16.7. The van der Waals surface area contributed by atoms with Gasteiger partial charge < -0.3 is 10.5 Å². The van der Waals surface area contributed by atoms with Crippen LogP contribution in [0.1, 0.15) is 16.7 Å². The molecule has 0 saturated carbocycles. The lowest BCUT2D eigenvalue weighted by atomic mass is 10.1. The fraction of sp³-hybridized carbons (Fsp3) is 0.125. The first kappa shape index (κ1) is 14.6. The summed E-state index contributed by atoms with van der Waals surface area (Å²) >= 11 is 0. The molecule has 0 fully saturated rings. The predicted octanol–water partition coefficient (Wildman–Crippen LogP) is 2.97. The van der Waals surface area contributed by atoms with Crippen LogP contribution in [-0.4, -0.2) is 12.0 Å². The largest absolute Gasteiger partial charge is 0.535 e. The number of carbonyl (C=O) groups is 1. The van der Waals surface area contributed by atoms with Gasteiger partial charge in [-0.05, 0) is 12.5 Å². The Bertz CT molecular complexity index is 622. The minimum atomic E-state index is -0.895. The molecule has 2 aromatic rings.